The molecule has 0 aromatic heterocycles. The van der Waals surface area contributed by atoms with E-state index in [2.05, 4.69) is 0 Å². The normalized spacial score (nSPS) is 50.5. The first-order chi connectivity index (χ1) is 6.98. The van der Waals surface area contributed by atoms with Gasteiger partial charge in [-0.1, -0.05) is 0 Å². The minimum absolute atomic E-state index is 0.215. The van der Waals surface area contributed by atoms with E-state index in [0.29, 0.717) is 36.2 Å². The maximum atomic E-state index is 11.4. The zero-order valence-corrected chi connectivity index (χ0v) is 9.11. The minimum atomic E-state index is -2.81. The van der Waals surface area contributed by atoms with Gasteiger partial charge in [0, 0.05) is 0 Å². The van der Waals surface area contributed by atoms with Gasteiger partial charge in [-0.3, -0.25) is 4.79 Å². The van der Waals surface area contributed by atoms with Gasteiger partial charge in [0.2, 0.25) is 0 Å². The van der Waals surface area contributed by atoms with Crippen LogP contribution in [0.4, 0.5) is 0 Å². The van der Waals surface area contributed by atoms with Crippen LogP contribution in [0.15, 0.2) is 0 Å². The molecule has 0 radical (unpaired) electrons. The van der Waals surface area contributed by atoms with Gasteiger partial charge in [0.1, 0.15) is 0 Å². The first-order valence-electron chi connectivity index (χ1n) is 5.41. The predicted molar refractivity (Wildman–Crippen MR) is 53.0 cm³/mol. The highest BCUT2D eigenvalue weighted by molar-refractivity contribution is 7.91. The highest BCUT2D eigenvalue weighted by Gasteiger charge is 2.60. The number of carboxylic acids is 1. The van der Waals surface area contributed by atoms with Gasteiger partial charge in [-0.2, -0.15) is 0 Å². The topological polar surface area (TPSA) is 71.4 Å². The molecule has 5 heteroatoms. The molecule has 3 fully saturated rings. The Kier molecular flexibility index (Phi) is 1.77. The lowest BCUT2D eigenvalue weighted by Gasteiger charge is -2.43. The summed E-state index contributed by atoms with van der Waals surface area (Å²) in [5.74, 6) is 1.03. The van der Waals surface area contributed by atoms with E-state index in [9.17, 15) is 13.2 Å². The van der Waals surface area contributed by atoms with Gasteiger partial charge in [-0.25, -0.2) is 8.42 Å². The fourth-order valence-electron chi connectivity index (χ4n) is 3.93. The molecule has 0 aromatic carbocycles. The molecule has 5 atom stereocenters. The second kappa shape index (κ2) is 2.75. The van der Waals surface area contributed by atoms with Crippen LogP contribution in [0.1, 0.15) is 12.8 Å². The van der Waals surface area contributed by atoms with Crippen LogP contribution in [0.5, 0.6) is 0 Å². The lowest BCUT2D eigenvalue weighted by Crippen LogP contribution is -2.42. The molecule has 0 amide bonds. The van der Waals surface area contributed by atoms with Gasteiger partial charge in [0.05, 0.1) is 17.4 Å². The summed E-state index contributed by atoms with van der Waals surface area (Å²) in [6.45, 7) is 0. The Morgan fingerprint density at radius 1 is 1.00 bits per heavy atom. The average molecular weight is 230 g/mol. The van der Waals surface area contributed by atoms with Crippen molar-refractivity contribution in [3.8, 4) is 0 Å². The van der Waals surface area contributed by atoms with Crippen molar-refractivity contribution in [2.24, 2.45) is 29.6 Å². The zero-order chi connectivity index (χ0) is 10.8. The standard InChI is InChI=1S/C10H14O4S/c11-10(12)5-1-6-7(2-5)9-4-15(13,14)3-8(6)9/h5-9H,1-4H2,(H,11,12)/t5?,6-,7+,8-,9+. The molecular formula is C10H14O4S. The van der Waals surface area contributed by atoms with E-state index >= 15 is 0 Å². The summed E-state index contributed by atoms with van der Waals surface area (Å²) in [4.78, 5) is 10.8. The van der Waals surface area contributed by atoms with Crippen LogP contribution in [0.3, 0.4) is 0 Å². The van der Waals surface area contributed by atoms with Gasteiger partial charge < -0.3 is 5.11 Å². The van der Waals surface area contributed by atoms with E-state index in [1.54, 1.807) is 0 Å². The highest BCUT2D eigenvalue weighted by Crippen LogP contribution is 2.60. The molecule has 1 unspecified atom stereocenters. The SMILES string of the molecule is O=C(O)C1C[C@@H]2[C@H](C1)[C@@H]1CS(=O)(=O)C[C@H]21. The van der Waals surface area contributed by atoms with Gasteiger partial charge in [0.25, 0.3) is 0 Å². The summed E-state index contributed by atoms with van der Waals surface area (Å²) in [6.07, 6.45) is 1.41. The number of carbonyl (C=O) groups is 1. The Bertz CT molecular complexity index is 387. The van der Waals surface area contributed by atoms with E-state index < -0.39 is 15.8 Å². The number of carboxylic acid groups (broad SMARTS) is 1. The van der Waals surface area contributed by atoms with Crippen molar-refractivity contribution in [1.82, 2.24) is 0 Å². The molecule has 4 nitrogen and oxygen atoms in total. The molecule has 3 rings (SSSR count). The Balaban J connectivity index is 1.78. The number of hydrogen-bond acceptors (Lipinski definition) is 3. The number of sulfone groups is 1. The molecule has 3 aliphatic rings. The summed E-state index contributed by atoms with van der Waals surface area (Å²) >= 11 is 0. The minimum Gasteiger partial charge on any atom is -0.481 e. The van der Waals surface area contributed by atoms with Gasteiger partial charge in [-0.05, 0) is 36.5 Å². The zero-order valence-electron chi connectivity index (χ0n) is 8.30. The lowest BCUT2D eigenvalue weighted by atomic mass is 9.60. The summed E-state index contributed by atoms with van der Waals surface area (Å²) in [6, 6.07) is 0. The van der Waals surface area contributed by atoms with Crippen molar-refractivity contribution >= 4 is 15.8 Å². The highest BCUT2D eigenvalue weighted by atomic mass is 32.2. The maximum absolute atomic E-state index is 11.4. The fraction of sp³-hybridized carbons (Fsp3) is 0.900. The van der Waals surface area contributed by atoms with Crippen molar-refractivity contribution in [2.75, 3.05) is 11.5 Å². The summed E-state index contributed by atoms with van der Waals surface area (Å²) < 4.78 is 22.8. The van der Waals surface area contributed by atoms with Crippen LogP contribution in [0.2, 0.25) is 0 Å². The van der Waals surface area contributed by atoms with E-state index in [-0.39, 0.29) is 17.8 Å². The van der Waals surface area contributed by atoms with Crippen molar-refractivity contribution in [3.63, 3.8) is 0 Å². The molecule has 0 spiro atoms. The van der Waals surface area contributed by atoms with E-state index in [0.717, 1.165) is 0 Å². The Labute approximate surface area is 88.6 Å². The van der Waals surface area contributed by atoms with E-state index in [4.69, 9.17) is 5.11 Å². The van der Waals surface area contributed by atoms with E-state index in [1.165, 1.54) is 0 Å². The van der Waals surface area contributed by atoms with Crippen LogP contribution in [0.25, 0.3) is 0 Å². The molecular weight excluding hydrogens is 216 g/mol. The predicted octanol–water partition coefficient (Wildman–Crippen LogP) is 0.388. The number of hydrogen-bond donors (Lipinski definition) is 1. The van der Waals surface area contributed by atoms with Gasteiger partial charge in [0.15, 0.2) is 9.84 Å². The van der Waals surface area contributed by atoms with Gasteiger partial charge in [-0.15, -0.1) is 0 Å². The molecule has 1 heterocycles. The fourth-order valence-corrected chi connectivity index (χ4v) is 6.23. The molecule has 1 N–H and O–H groups in total. The van der Waals surface area contributed by atoms with E-state index in [1.807, 2.05) is 0 Å². The summed E-state index contributed by atoms with van der Waals surface area (Å²) in [5, 5.41) is 8.92. The van der Waals surface area contributed by atoms with Crippen molar-refractivity contribution < 1.29 is 18.3 Å². The van der Waals surface area contributed by atoms with Crippen LogP contribution in [-0.2, 0) is 14.6 Å². The Morgan fingerprint density at radius 3 is 1.87 bits per heavy atom. The summed E-state index contributed by atoms with van der Waals surface area (Å²) in [5.41, 5.74) is 0. The average Bonchev–Trinajstić information content (AvgIpc) is 2.62. The quantitative estimate of drug-likeness (QED) is 0.707. The molecule has 84 valence electrons. The van der Waals surface area contributed by atoms with Crippen molar-refractivity contribution in [3.05, 3.63) is 0 Å². The molecule has 1 saturated heterocycles. The molecule has 2 saturated carbocycles. The second-order valence-electron chi connectivity index (χ2n) is 5.24. The van der Waals surface area contributed by atoms with Gasteiger partial charge >= 0.3 is 5.97 Å². The van der Waals surface area contributed by atoms with Crippen molar-refractivity contribution in [2.45, 2.75) is 12.8 Å². The molecule has 0 bridgehead atoms. The molecule has 0 aromatic rings. The smallest absolute Gasteiger partial charge is 0.306 e. The monoisotopic (exact) mass is 230 g/mol. The largest absolute Gasteiger partial charge is 0.481 e. The third-order valence-corrected chi connectivity index (χ3v) is 6.34. The first kappa shape index (κ1) is 9.63. The van der Waals surface area contributed by atoms with Crippen molar-refractivity contribution in [1.29, 1.82) is 0 Å². The third-order valence-electron chi connectivity index (χ3n) is 4.56. The van der Waals surface area contributed by atoms with Crippen LogP contribution in [0, 0.1) is 29.6 Å². The number of rotatable bonds is 1. The number of fused-ring (bicyclic) bond motifs is 4. The first-order valence-corrected chi connectivity index (χ1v) is 7.23. The van der Waals surface area contributed by atoms with Crippen LogP contribution in [-0.4, -0.2) is 31.0 Å². The van der Waals surface area contributed by atoms with Crippen LogP contribution < -0.4 is 0 Å². The van der Waals surface area contributed by atoms with Crippen LogP contribution >= 0.6 is 0 Å². The Morgan fingerprint density at radius 2 is 1.47 bits per heavy atom. The lowest BCUT2D eigenvalue weighted by molar-refractivity contribution is -0.141. The Hall–Kier alpha value is -0.580. The molecule has 2 aliphatic carbocycles. The molecule has 1 aliphatic heterocycles. The summed E-state index contributed by atoms with van der Waals surface area (Å²) in [7, 11) is -2.81. The third kappa shape index (κ3) is 1.25. The number of aliphatic carboxylic acids is 1. The maximum Gasteiger partial charge on any atom is 0.306 e. The molecule has 15 heavy (non-hydrogen) atoms. The second-order valence-corrected chi connectivity index (χ2v) is 7.39.